The molecule has 5 nitrogen and oxygen atoms in total. The van der Waals surface area contributed by atoms with Crippen molar-refractivity contribution in [2.75, 3.05) is 7.05 Å². The molecule has 0 saturated carbocycles. The Morgan fingerprint density at radius 2 is 1.68 bits per heavy atom. The zero-order valence-electron chi connectivity index (χ0n) is 17.1. The lowest BCUT2D eigenvalue weighted by Crippen LogP contribution is -2.18. The third-order valence-electron chi connectivity index (χ3n) is 4.84. The number of likely N-dealkylation sites (N-methyl/N-ethyl adjacent to an activating group) is 1. The van der Waals surface area contributed by atoms with Gasteiger partial charge in [0.05, 0.1) is 4.88 Å². The van der Waals surface area contributed by atoms with Gasteiger partial charge in [-0.25, -0.2) is 5.48 Å². The van der Waals surface area contributed by atoms with Crippen LogP contribution in [0.4, 0.5) is 0 Å². The molecule has 4 aromatic rings. The Kier molecular flexibility index (Phi) is 8.06. The molecule has 0 aliphatic rings. The molecule has 31 heavy (non-hydrogen) atoms. The SMILES string of the molecule is CNC(Cc1ccccc1)c1ccccc1.O=Cc1ccc2cc(C(=O)NO)sc2c1. The standard InChI is InChI=1S/C15H17N.C10H7NO3S/c1-16-15(14-10-6-3-7-11-14)12-13-8-4-2-5-9-13;12-5-6-1-2-7-4-9(10(13)11-14)15-8(7)3-6/h2-11,15-16H,12H2,1H3;1-5,14H,(H,11,13). The molecule has 0 radical (unpaired) electrons. The van der Waals surface area contributed by atoms with Crippen LogP contribution in [-0.4, -0.2) is 24.4 Å². The van der Waals surface area contributed by atoms with Crippen LogP contribution in [0.15, 0.2) is 84.9 Å². The zero-order valence-corrected chi connectivity index (χ0v) is 17.9. The summed E-state index contributed by atoms with van der Waals surface area (Å²) in [6.07, 6.45) is 1.78. The third-order valence-corrected chi connectivity index (χ3v) is 5.94. The Morgan fingerprint density at radius 3 is 2.29 bits per heavy atom. The number of rotatable bonds is 6. The molecule has 6 heteroatoms. The van der Waals surface area contributed by atoms with Gasteiger partial charge in [-0.05, 0) is 42.1 Å². The highest BCUT2D eigenvalue weighted by Crippen LogP contribution is 2.26. The Hall–Kier alpha value is -3.32. The van der Waals surface area contributed by atoms with Crippen LogP contribution < -0.4 is 10.8 Å². The molecule has 1 aromatic heterocycles. The van der Waals surface area contributed by atoms with Crippen LogP contribution in [0.3, 0.4) is 0 Å². The van der Waals surface area contributed by atoms with Crippen molar-refractivity contribution >= 4 is 33.6 Å². The molecule has 0 aliphatic carbocycles. The Balaban J connectivity index is 0.000000176. The summed E-state index contributed by atoms with van der Waals surface area (Å²) < 4.78 is 0.846. The Bertz CT molecular complexity index is 1130. The van der Waals surface area contributed by atoms with Crippen LogP contribution >= 0.6 is 11.3 Å². The molecule has 1 unspecified atom stereocenters. The van der Waals surface area contributed by atoms with Crippen molar-refractivity contribution in [1.82, 2.24) is 10.8 Å². The molecule has 0 bridgehead atoms. The Morgan fingerprint density at radius 1 is 1.00 bits per heavy atom. The van der Waals surface area contributed by atoms with Crippen LogP contribution in [0.25, 0.3) is 10.1 Å². The van der Waals surface area contributed by atoms with E-state index in [9.17, 15) is 9.59 Å². The molecule has 1 heterocycles. The molecule has 0 fully saturated rings. The normalized spacial score (nSPS) is 11.3. The maximum Gasteiger partial charge on any atom is 0.284 e. The van der Waals surface area contributed by atoms with E-state index in [1.54, 1.807) is 29.7 Å². The minimum Gasteiger partial charge on any atom is -0.313 e. The number of carbonyl (C=O) groups is 2. The minimum atomic E-state index is -0.538. The van der Waals surface area contributed by atoms with E-state index in [1.807, 2.05) is 7.05 Å². The first-order valence-corrected chi connectivity index (χ1v) is 10.7. The van der Waals surface area contributed by atoms with Gasteiger partial charge in [-0.2, -0.15) is 0 Å². The summed E-state index contributed by atoms with van der Waals surface area (Å²) in [5, 5.41) is 12.7. The molecule has 0 spiro atoms. The fourth-order valence-corrected chi connectivity index (χ4v) is 4.21. The van der Waals surface area contributed by atoms with Gasteiger partial charge in [-0.1, -0.05) is 72.8 Å². The first kappa shape index (κ1) is 22.4. The number of amides is 1. The minimum absolute atomic E-state index is 0.392. The second kappa shape index (κ2) is 11.2. The summed E-state index contributed by atoms with van der Waals surface area (Å²) in [5.74, 6) is -0.538. The maximum absolute atomic E-state index is 11.1. The molecule has 1 amide bonds. The highest BCUT2D eigenvalue weighted by molar-refractivity contribution is 7.20. The third kappa shape index (κ3) is 6.08. The van der Waals surface area contributed by atoms with Crippen molar-refractivity contribution in [3.63, 3.8) is 0 Å². The molecule has 158 valence electrons. The molecule has 0 saturated heterocycles. The van der Waals surface area contributed by atoms with Crippen LogP contribution in [0.1, 0.15) is 37.2 Å². The summed E-state index contributed by atoms with van der Waals surface area (Å²) in [7, 11) is 2.01. The highest BCUT2D eigenvalue weighted by Gasteiger charge is 2.10. The van der Waals surface area contributed by atoms with E-state index in [2.05, 4.69) is 66.0 Å². The fourth-order valence-electron chi connectivity index (χ4n) is 3.21. The largest absolute Gasteiger partial charge is 0.313 e. The van der Waals surface area contributed by atoms with E-state index in [-0.39, 0.29) is 0 Å². The van der Waals surface area contributed by atoms with Gasteiger partial charge < -0.3 is 5.32 Å². The Labute approximate surface area is 185 Å². The van der Waals surface area contributed by atoms with Crippen LogP contribution in [0.5, 0.6) is 0 Å². The van der Waals surface area contributed by atoms with Crippen molar-refractivity contribution in [1.29, 1.82) is 0 Å². The number of nitrogens with one attached hydrogen (secondary N) is 2. The van der Waals surface area contributed by atoms with Gasteiger partial charge >= 0.3 is 0 Å². The lowest BCUT2D eigenvalue weighted by molar-refractivity contribution is 0.0711. The summed E-state index contributed by atoms with van der Waals surface area (Å²) in [4.78, 5) is 22.1. The second-order valence-electron chi connectivity index (χ2n) is 6.91. The van der Waals surface area contributed by atoms with Gasteiger partial charge in [0.25, 0.3) is 5.91 Å². The van der Waals surface area contributed by atoms with Gasteiger partial charge in [0.1, 0.15) is 6.29 Å². The van der Waals surface area contributed by atoms with E-state index in [1.165, 1.54) is 22.5 Å². The second-order valence-corrected chi connectivity index (χ2v) is 7.99. The van der Waals surface area contributed by atoms with Crippen LogP contribution in [0, 0.1) is 0 Å². The van der Waals surface area contributed by atoms with Crippen molar-refractivity contribution in [2.45, 2.75) is 12.5 Å². The van der Waals surface area contributed by atoms with E-state index in [4.69, 9.17) is 5.21 Å². The van der Waals surface area contributed by atoms with Crippen molar-refractivity contribution in [3.05, 3.63) is 106 Å². The number of thiophene rings is 1. The molecule has 0 aliphatic heterocycles. The first-order valence-electron chi connectivity index (χ1n) is 9.84. The lowest BCUT2D eigenvalue weighted by atomic mass is 9.99. The topological polar surface area (TPSA) is 78.4 Å². The number of fused-ring (bicyclic) bond motifs is 1. The van der Waals surface area contributed by atoms with E-state index in [0.29, 0.717) is 16.5 Å². The van der Waals surface area contributed by atoms with Gasteiger partial charge in [0, 0.05) is 16.3 Å². The molecular formula is C25H24N2O3S. The van der Waals surface area contributed by atoms with Crippen molar-refractivity contribution < 1.29 is 14.8 Å². The number of hydrogen-bond donors (Lipinski definition) is 3. The van der Waals surface area contributed by atoms with Gasteiger partial charge in [-0.15, -0.1) is 11.3 Å². The monoisotopic (exact) mass is 432 g/mol. The zero-order chi connectivity index (χ0) is 22.1. The summed E-state index contributed by atoms with van der Waals surface area (Å²) in [6, 6.07) is 28.4. The molecular weight excluding hydrogens is 408 g/mol. The quantitative estimate of drug-likeness (QED) is 0.227. The maximum atomic E-state index is 11.1. The first-order chi connectivity index (χ1) is 15.1. The van der Waals surface area contributed by atoms with E-state index in [0.717, 1.165) is 22.8 Å². The van der Waals surface area contributed by atoms with Gasteiger partial charge in [-0.3, -0.25) is 14.8 Å². The highest BCUT2D eigenvalue weighted by atomic mass is 32.1. The fraction of sp³-hybridized carbons (Fsp3) is 0.120. The molecule has 4 rings (SSSR count). The molecule has 1 atom stereocenters. The lowest BCUT2D eigenvalue weighted by Gasteiger charge is -2.16. The summed E-state index contributed by atoms with van der Waals surface area (Å²) >= 11 is 1.23. The molecule has 3 N–H and O–H groups in total. The van der Waals surface area contributed by atoms with Crippen molar-refractivity contribution in [2.24, 2.45) is 0 Å². The van der Waals surface area contributed by atoms with Crippen LogP contribution in [0.2, 0.25) is 0 Å². The number of aldehydes is 1. The van der Waals surface area contributed by atoms with Gasteiger partial charge in [0.2, 0.25) is 0 Å². The summed E-state index contributed by atoms with van der Waals surface area (Å²) in [6.45, 7) is 0. The number of benzene rings is 3. The summed E-state index contributed by atoms with van der Waals surface area (Å²) in [5.41, 5.74) is 4.85. The van der Waals surface area contributed by atoms with E-state index >= 15 is 0 Å². The number of hydrogen-bond acceptors (Lipinski definition) is 5. The van der Waals surface area contributed by atoms with Gasteiger partial charge in [0.15, 0.2) is 0 Å². The van der Waals surface area contributed by atoms with E-state index < -0.39 is 5.91 Å². The smallest absolute Gasteiger partial charge is 0.284 e. The number of carbonyl (C=O) groups excluding carboxylic acids is 2. The predicted molar refractivity (Wildman–Crippen MR) is 125 cm³/mol. The average molecular weight is 433 g/mol. The average Bonchev–Trinajstić information content (AvgIpc) is 3.27. The van der Waals surface area contributed by atoms with Crippen LogP contribution in [-0.2, 0) is 6.42 Å². The number of hydroxylamine groups is 1. The molecule has 3 aromatic carbocycles. The van der Waals surface area contributed by atoms with Crippen molar-refractivity contribution in [3.8, 4) is 0 Å². The predicted octanol–water partition coefficient (Wildman–Crippen LogP) is 5.02.